The molecule has 0 aromatic heterocycles. The van der Waals surface area contributed by atoms with Crippen molar-refractivity contribution in [2.45, 2.75) is 64.5 Å². The van der Waals surface area contributed by atoms with Crippen molar-refractivity contribution in [3.63, 3.8) is 0 Å². The molecular formula is C28H34ClN3O2. The molecule has 6 heteroatoms. The summed E-state index contributed by atoms with van der Waals surface area (Å²) in [5.41, 5.74) is 3.92. The van der Waals surface area contributed by atoms with Gasteiger partial charge < -0.3 is 15.0 Å². The molecule has 1 aliphatic heterocycles. The van der Waals surface area contributed by atoms with Gasteiger partial charge >= 0.3 is 0 Å². The van der Waals surface area contributed by atoms with E-state index in [0.29, 0.717) is 34.8 Å². The van der Waals surface area contributed by atoms with Crippen LogP contribution in [0.15, 0.2) is 36.4 Å². The molecule has 0 bridgehead atoms. The first-order valence-electron chi connectivity index (χ1n) is 12.4. The normalized spacial score (nSPS) is 20.8. The van der Waals surface area contributed by atoms with Crippen LogP contribution in [-0.2, 0) is 12.8 Å². The first-order chi connectivity index (χ1) is 16.4. The van der Waals surface area contributed by atoms with E-state index in [1.165, 1.54) is 11.1 Å². The van der Waals surface area contributed by atoms with Crippen LogP contribution < -0.4 is 10.1 Å². The lowest BCUT2D eigenvalue weighted by Gasteiger charge is -2.29. The summed E-state index contributed by atoms with van der Waals surface area (Å²) < 4.78 is 6.08. The molecule has 0 atom stereocenters. The Balaban J connectivity index is 1.24. The van der Waals surface area contributed by atoms with Crippen molar-refractivity contribution in [3.8, 4) is 11.8 Å². The largest absolute Gasteiger partial charge is 0.490 e. The van der Waals surface area contributed by atoms with Crippen LogP contribution in [-0.4, -0.2) is 42.6 Å². The van der Waals surface area contributed by atoms with Crippen molar-refractivity contribution in [1.82, 2.24) is 10.2 Å². The molecule has 0 radical (unpaired) electrons. The fraction of sp³-hybridized carbons (Fsp3) is 0.500. The van der Waals surface area contributed by atoms with Gasteiger partial charge in [-0.05, 0) is 93.7 Å². The fourth-order valence-electron chi connectivity index (χ4n) is 5.05. The fourth-order valence-corrected chi connectivity index (χ4v) is 5.26. The number of nitrogens with zero attached hydrogens (tertiary/aromatic N) is 2. The Morgan fingerprint density at radius 3 is 2.53 bits per heavy atom. The topological polar surface area (TPSA) is 65.4 Å². The second-order valence-electron chi connectivity index (χ2n) is 9.84. The number of halogens is 1. The van der Waals surface area contributed by atoms with Gasteiger partial charge in [-0.15, -0.1) is 0 Å². The highest BCUT2D eigenvalue weighted by molar-refractivity contribution is 6.31. The lowest BCUT2D eigenvalue weighted by molar-refractivity contribution is 0.0928. The summed E-state index contributed by atoms with van der Waals surface area (Å²) in [5, 5.41) is 12.6. The highest BCUT2D eigenvalue weighted by atomic mass is 35.5. The van der Waals surface area contributed by atoms with E-state index in [1.807, 2.05) is 6.07 Å². The number of hydrogen-bond acceptors (Lipinski definition) is 4. The zero-order valence-corrected chi connectivity index (χ0v) is 20.9. The number of carbonyl (C=O) groups is 1. The van der Waals surface area contributed by atoms with Crippen LogP contribution in [0, 0.1) is 17.2 Å². The SMILES string of the molecule is CC(C)N1CCc2ccc(C(=O)NCC3CCC(Oc4ccc(C#N)c(Cl)c4)CC3)cc2CC1. The highest BCUT2D eigenvalue weighted by Crippen LogP contribution is 2.29. The molecule has 4 rings (SSSR count). The maximum atomic E-state index is 12.8. The first kappa shape index (κ1) is 24.6. The van der Waals surface area contributed by atoms with Crippen molar-refractivity contribution >= 4 is 17.5 Å². The molecule has 1 saturated carbocycles. The summed E-state index contributed by atoms with van der Waals surface area (Å²) >= 11 is 6.11. The molecule has 1 N–H and O–H groups in total. The number of nitriles is 1. The quantitative estimate of drug-likeness (QED) is 0.603. The Morgan fingerprint density at radius 2 is 1.85 bits per heavy atom. The Kier molecular flexibility index (Phi) is 8.13. The number of hydrogen-bond donors (Lipinski definition) is 1. The molecule has 5 nitrogen and oxygen atoms in total. The summed E-state index contributed by atoms with van der Waals surface area (Å²) in [6.07, 6.45) is 6.13. The molecule has 180 valence electrons. The third-order valence-electron chi connectivity index (χ3n) is 7.24. The molecule has 2 aromatic rings. The van der Waals surface area contributed by atoms with Crippen LogP contribution in [0.25, 0.3) is 0 Å². The molecule has 1 aliphatic carbocycles. The summed E-state index contributed by atoms with van der Waals surface area (Å²) in [7, 11) is 0. The van der Waals surface area contributed by atoms with Crippen molar-refractivity contribution in [2.75, 3.05) is 19.6 Å². The van der Waals surface area contributed by atoms with Gasteiger partial charge in [-0.1, -0.05) is 17.7 Å². The predicted molar refractivity (Wildman–Crippen MR) is 135 cm³/mol. The second-order valence-corrected chi connectivity index (χ2v) is 10.2. The standard InChI is InChI=1S/C28H34ClN3O2/c1-19(2)32-13-11-21-5-6-23(15-22(21)12-14-32)28(33)31-18-20-3-8-25(9-4-20)34-26-10-7-24(17-30)27(29)16-26/h5-7,10,15-16,19-20,25H,3-4,8-9,11-14,18H2,1-2H3,(H,31,33). The minimum Gasteiger partial charge on any atom is -0.490 e. The summed E-state index contributed by atoms with van der Waals surface area (Å²) in [6, 6.07) is 14.1. The van der Waals surface area contributed by atoms with Gasteiger partial charge in [-0.3, -0.25) is 4.79 Å². The number of nitrogens with one attached hydrogen (secondary N) is 1. The third-order valence-corrected chi connectivity index (χ3v) is 7.56. The van der Waals surface area contributed by atoms with E-state index >= 15 is 0 Å². The first-order valence-corrected chi connectivity index (χ1v) is 12.8. The van der Waals surface area contributed by atoms with Crippen LogP contribution in [0.4, 0.5) is 0 Å². The lowest BCUT2D eigenvalue weighted by atomic mass is 9.87. The second kappa shape index (κ2) is 11.3. The van der Waals surface area contributed by atoms with E-state index in [9.17, 15) is 4.79 Å². The maximum absolute atomic E-state index is 12.8. The van der Waals surface area contributed by atoms with E-state index < -0.39 is 0 Å². The average molecular weight is 480 g/mol. The third kappa shape index (κ3) is 6.11. The molecule has 1 fully saturated rings. The van der Waals surface area contributed by atoms with Gasteiger partial charge in [0.25, 0.3) is 5.91 Å². The number of carbonyl (C=O) groups excluding carboxylic acids is 1. The summed E-state index contributed by atoms with van der Waals surface area (Å²) in [5.74, 6) is 1.20. The van der Waals surface area contributed by atoms with Gasteiger partial charge in [0.05, 0.1) is 16.7 Å². The van der Waals surface area contributed by atoms with Crippen molar-refractivity contribution < 1.29 is 9.53 Å². The van der Waals surface area contributed by atoms with E-state index in [2.05, 4.69) is 42.3 Å². The highest BCUT2D eigenvalue weighted by Gasteiger charge is 2.24. The minimum absolute atomic E-state index is 0.0263. The average Bonchev–Trinajstić information content (AvgIpc) is 3.06. The number of amides is 1. The van der Waals surface area contributed by atoms with Gasteiger partial charge in [-0.25, -0.2) is 0 Å². The molecule has 2 aliphatic rings. The van der Waals surface area contributed by atoms with E-state index in [4.69, 9.17) is 21.6 Å². The van der Waals surface area contributed by atoms with Gasteiger partial charge in [0.15, 0.2) is 0 Å². The predicted octanol–water partition coefficient (Wildman–Crippen LogP) is 5.39. The molecule has 0 unspecified atom stereocenters. The Labute approximate surface area is 208 Å². The van der Waals surface area contributed by atoms with Crippen molar-refractivity contribution in [2.24, 2.45) is 5.92 Å². The number of ether oxygens (including phenoxy) is 1. The van der Waals surface area contributed by atoms with Gasteiger partial charge in [-0.2, -0.15) is 5.26 Å². The van der Waals surface area contributed by atoms with Gasteiger partial charge in [0, 0.05) is 37.3 Å². The molecule has 34 heavy (non-hydrogen) atoms. The molecule has 2 aromatic carbocycles. The monoisotopic (exact) mass is 479 g/mol. The van der Waals surface area contributed by atoms with E-state index in [-0.39, 0.29) is 12.0 Å². The minimum atomic E-state index is 0.0263. The molecule has 0 spiro atoms. The Hall–Kier alpha value is -2.55. The van der Waals surface area contributed by atoms with Crippen LogP contribution in [0.5, 0.6) is 5.75 Å². The van der Waals surface area contributed by atoms with E-state index in [1.54, 1.807) is 18.2 Å². The van der Waals surface area contributed by atoms with Gasteiger partial charge in [0.1, 0.15) is 11.8 Å². The lowest BCUT2D eigenvalue weighted by Crippen LogP contribution is -2.33. The van der Waals surface area contributed by atoms with Gasteiger partial charge in [0.2, 0.25) is 0 Å². The molecular weight excluding hydrogens is 446 g/mol. The number of benzene rings is 2. The number of fused-ring (bicyclic) bond motifs is 1. The zero-order chi connectivity index (χ0) is 24.1. The van der Waals surface area contributed by atoms with Crippen LogP contribution in [0.1, 0.15) is 66.6 Å². The van der Waals surface area contributed by atoms with Crippen molar-refractivity contribution in [1.29, 1.82) is 5.26 Å². The van der Waals surface area contributed by atoms with Crippen LogP contribution in [0.2, 0.25) is 5.02 Å². The number of rotatable bonds is 6. The Bertz CT molecular complexity index is 1050. The maximum Gasteiger partial charge on any atom is 0.251 e. The van der Waals surface area contributed by atoms with Crippen molar-refractivity contribution in [3.05, 3.63) is 63.7 Å². The Morgan fingerprint density at radius 1 is 1.12 bits per heavy atom. The molecule has 0 saturated heterocycles. The summed E-state index contributed by atoms with van der Waals surface area (Å²) in [6.45, 7) is 7.33. The molecule has 1 heterocycles. The summed E-state index contributed by atoms with van der Waals surface area (Å²) in [4.78, 5) is 15.3. The van der Waals surface area contributed by atoms with Crippen LogP contribution in [0.3, 0.4) is 0 Å². The molecule has 1 amide bonds. The zero-order valence-electron chi connectivity index (χ0n) is 20.1. The van der Waals surface area contributed by atoms with Crippen LogP contribution >= 0.6 is 11.6 Å². The smallest absolute Gasteiger partial charge is 0.251 e. The van der Waals surface area contributed by atoms with E-state index in [0.717, 1.165) is 57.2 Å².